The third-order valence-electron chi connectivity index (χ3n) is 7.55. The molecule has 1 fully saturated rings. The Balaban J connectivity index is 1.16. The van der Waals surface area contributed by atoms with E-state index in [4.69, 9.17) is 16.3 Å². The highest BCUT2D eigenvalue weighted by Gasteiger charge is 2.24. The minimum Gasteiger partial charge on any atom is -0.461 e. The summed E-state index contributed by atoms with van der Waals surface area (Å²) in [7, 11) is -3.52. The summed E-state index contributed by atoms with van der Waals surface area (Å²) in [5, 5.41) is 10.1. The van der Waals surface area contributed by atoms with Gasteiger partial charge in [-0.1, -0.05) is 35.9 Å². The summed E-state index contributed by atoms with van der Waals surface area (Å²) in [6.45, 7) is 7.57. The van der Waals surface area contributed by atoms with Crippen LogP contribution in [0.4, 0.5) is 0 Å². The normalized spacial score (nSPS) is 15.0. The highest BCUT2D eigenvalue weighted by Crippen LogP contribution is 2.33. The van der Waals surface area contributed by atoms with Crippen molar-refractivity contribution in [1.82, 2.24) is 29.6 Å². The smallest absolute Gasteiger partial charge is 0.355 e. The molecule has 2 aromatic carbocycles. The predicted octanol–water partition coefficient (Wildman–Crippen LogP) is 4.51. The standard InChI is InChI=1S/C29H35ClN6O4S/c1-3-20-5-8-23(9-6-20)41(38,39)31-13-16-35-14-11-21(12-15-35)18-36-19-26(33-34-36)27-24-17-22(30)7-10-25(24)32-28(27)29(37)40-4-2/h5-10,17,19,21,31-32H,3-4,11-16,18H2,1-2H3. The number of piperidine rings is 1. The van der Waals surface area contributed by atoms with E-state index < -0.39 is 16.0 Å². The molecule has 1 saturated heterocycles. The number of sulfonamides is 1. The van der Waals surface area contributed by atoms with Gasteiger partial charge in [-0.05, 0) is 81.1 Å². The van der Waals surface area contributed by atoms with Gasteiger partial charge in [0, 0.05) is 41.1 Å². The molecule has 5 rings (SSSR count). The molecule has 218 valence electrons. The number of nitrogens with zero attached hydrogens (tertiary/aromatic N) is 4. The average molecular weight is 599 g/mol. The number of esters is 1. The van der Waals surface area contributed by atoms with Crippen LogP contribution in [0.5, 0.6) is 0 Å². The van der Waals surface area contributed by atoms with E-state index >= 15 is 0 Å². The Hall–Kier alpha value is -3.25. The molecule has 1 aliphatic heterocycles. The summed E-state index contributed by atoms with van der Waals surface area (Å²) in [4.78, 5) is 18.4. The number of carbonyl (C=O) groups excluding carboxylic acids is 1. The number of H-pyrrole nitrogens is 1. The van der Waals surface area contributed by atoms with Gasteiger partial charge in [0.25, 0.3) is 0 Å². The number of rotatable bonds is 11. The number of hydrogen-bond donors (Lipinski definition) is 2. The predicted molar refractivity (Wildman–Crippen MR) is 158 cm³/mol. The first-order chi connectivity index (χ1) is 19.8. The fraction of sp³-hybridized carbons (Fsp3) is 0.414. The molecule has 0 bridgehead atoms. The van der Waals surface area contributed by atoms with Crippen LogP contribution in [0.15, 0.2) is 53.6 Å². The number of fused-ring (bicyclic) bond motifs is 1. The van der Waals surface area contributed by atoms with Gasteiger partial charge in [-0.3, -0.25) is 4.68 Å². The molecule has 2 aromatic heterocycles. The van der Waals surface area contributed by atoms with E-state index in [0.29, 0.717) is 52.4 Å². The molecule has 0 amide bonds. The first-order valence-corrected chi connectivity index (χ1v) is 15.8. The van der Waals surface area contributed by atoms with Crippen LogP contribution in [0, 0.1) is 5.92 Å². The van der Waals surface area contributed by atoms with Gasteiger partial charge in [0.1, 0.15) is 11.4 Å². The molecule has 10 nitrogen and oxygen atoms in total. The molecule has 2 N–H and O–H groups in total. The van der Waals surface area contributed by atoms with Crippen molar-refractivity contribution >= 4 is 38.5 Å². The molecule has 0 unspecified atom stereocenters. The zero-order chi connectivity index (χ0) is 29.0. The van der Waals surface area contributed by atoms with Crippen LogP contribution in [0.2, 0.25) is 5.02 Å². The topological polar surface area (TPSA) is 122 Å². The van der Waals surface area contributed by atoms with Crippen molar-refractivity contribution in [1.29, 1.82) is 0 Å². The van der Waals surface area contributed by atoms with Crippen LogP contribution >= 0.6 is 11.6 Å². The molecule has 0 radical (unpaired) electrons. The second kappa shape index (κ2) is 12.7. The third kappa shape index (κ3) is 6.81. The molecule has 0 saturated carbocycles. The number of aromatic amines is 1. The summed E-state index contributed by atoms with van der Waals surface area (Å²) in [5.41, 5.74) is 3.42. The Kier molecular flexibility index (Phi) is 9.08. The Labute approximate surface area is 245 Å². The summed E-state index contributed by atoms with van der Waals surface area (Å²) < 4.78 is 35.1. The molecule has 3 heterocycles. The third-order valence-corrected chi connectivity index (χ3v) is 9.26. The van der Waals surface area contributed by atoms with Gasteiger partial charge in [0.15, 0.2) is 0 Å². The Morgan fingerprint density at radius 2 is 1.90 bits per heavy atom. The van der Waals surface area contributed by atoms with Crippen LogP contribution in [-0.4, -0.2) is 72.1 Å². The largest absolute Gasteiger partial charge is 0.461 e. The molecule has 1 aliphatic rings. The van der Waals surface area contributed by atoms with Crippen LogP contribution < -0.4 is 4.72 Å². The van der Waals surface area contributed by atoms with Gasteiger partial charge < -0.3 is 14.6 Å². The minimum atomic E-state index is -3.52. The van der Waals surface area contributed by atoms with E-state index in [1.807, 2.05) is 42.1 Å². The minimum absolute atomic E-state index is 0.262. The second-order valence-corrected chi connectivity index (χ2v) is 12.5. The lowest BCUT2D eigenvalue weighted by Crippen LogP contribution is -2.40. The number of hydrogen-bond acceptors (Lipinski definition) is 7. The molecule has 12 heteroatoms. The van der Waals surface area contributed by atoms with E-state index in [9.17, 15) is 13.2 Å². The highest BCUT2D eigenvalue weighted by atomic mass is 35.5. The van der Waals surface area contributed by atoms with Crippen molar-refractivity contribution < 1.29 is 17.9 Å². The first kappa shape index (κ1) is 29.2. The summed E-state index contributed by atoms with van der Waals surface area (Å²) in [6, 6.07) is 12.4. The fourth-order valence-corrected chi connectivity index (χ4v) is 6.46. The number of likely N-dealkylation sites (tertiary alicyclic amines) is 1. The van der Waals surface area contributed by atoms with Crippen molar-refractivity contribution in [3.05, 3.63) is 64.9 Å². The second-order valence-electron chi connectivity index (χ2n) is 10.3. The van der Waals surface area contributed by atoms with Crippen molar-refractivity contribution in [3.63, 3.8) is 0 Å². The van der Waals surface area contributed by atoms with Gasteiger partial charge in [0.2, 0.25) is 10.0 Å². The van der Waals surface area contributed by atoms with Crippen LogP contribution in [-0.2, 0) is 27.7 Å². The summed E-state index contributed by atoms with van der Waals surface area (Å²) >= 11 is 6.26. The monoisotopic (exact) mass is 598 g/mol. The van der Waals surface area contributed by atoms with E-state index in [1.54, 1.807) is 25.1 Å². The highest BCUT2D eigenvalue weighted by molar-refractivity contribution is 7.89. The maximum atomic E-state index is 12.7. The van der Waals surface area contributed by atoms with Crippen molar-refractivity contribution in [2.75, 3.05) is 32.8 Å². The van der Waals surface area contributed by atoms with Gasteiger partial charge in [-0.15, -0.1) is 5.10 Å². The molecule has 4 aromatic rings. The summed E-state index contributed by atoms with van der Waals surface area (Å²) in [5.74, 6) is -0.0371. The lowest BCUT2D eigenvalue weighted by molar-refractivity contribution is 0.0521. The molecule has 0 aliphatic carbocycles. The molecule has 0 atom stereocenters. The van der Waals surface area contributed by atoms with Crippen molar-refractivity contribution in [2.45, 2.75) is 44.6 Å². The quantitative estimate of drug-likeness (QED) is 0.244. The first-order valence-electron chi connectivity index (χ1n) is 14.0. The number of ether oxygens (including phenoxy) is 1. The van der Waals surface area contributed by atoms with Crippen molar-refractivity contribution in [2.24, 2.45) is 5.92 Å². The lowest BCUT2D eigenvalue weighted by atomic mass is 9.97. The van der Waals surface area contributed by atoms with Gasteiger partial charge in [-0.25, -0.2) is 17.9 Å². The van der Waals surface area contributed by atoms with Gasteiger partial charge in [-0.2, -0.15) is 0 Å². The molecular formula is C29H35ClN6O4S. The summed E-state index contributed by atoms with van der Waals surface area (Å²) in [6.07, 6.45) is 4.67. The lowest BCUT2D eigenvalue weighted by Gasteiger charge is -2.31. The fourth-order valence-electron chi connectivity index (χ4n) is 5.27. The van der Waals surface area contributed by atoms with E-state index in [0.717, 1.165) is 48.8 Å². The Morgan fingerprint density at radius 3 is 2.61 bits per heavy atom. The SMILES string of the molecule is CCOC(=O)c1[nH]c2ccc(Cl)cc2c1-c1cn(CC2CCN(CCNS(=O)(=O)c3ccc(CC)cc3)CC2)nn1. The molecule has 41 heavy (non-hydrogen) atoms. The zero-order valence-corrected chi connectivity index (χ0v) is 24.8. The van der Waals surface area contributed by atoms with E-state index in [2.05, 4.69) is 24.9 Å². The number of aromatic nitrogens is 4. The van der Waals surface area contributed by atoms with E-state index in [-0.39, 0.29) is 6.61 Å². The molecule has 0 spiro atoms. The Bertz CT molecular complexity index is 1610. The Morgan fingerprint density at radius 1 is 1.15 bits per heavy atom. The maximum absolute atomic E-state index is 12.7. The van der Waals surface area contributed by atoms with E-state index in [1.165, 1.54) is 0 Å². The number of nitrogens with one attached hydrogen (secondary N) is 2. The molecular weight excluding hydrogens is 564 g/mol. The number of halogens is 1. The van der Waals surface area contributed by atoms with Gasteiger partial charge >= 0.3 is 5.97 Å². The maximum Gasteiger partial charge on any atom is 0.355 e. The number of carbonyl (C=O) groups is 1. The van der Waals surface area contributed by atoms with Crippen molar-refractivity contribution in [3.8, 4) is 11.3 Å². The number of benzene rings is 2. The number of aryl methyl sites for hydroxylation is 1. The van der Waals surface area contributed by atoms with Gasteiger partial charge in [0.05, 0.1) is 17.7 Å². The average Bonchev–Trinajstić information content (AvgIpc) is 3.58. The zero-order valence-electron chi connectivity index (χ0n) is 23.3. The van der Waals surface area contributed by atoms with Crippen LogP contribution in [0.25, 0.3) is 22.2 Å². The van der Waals surface area contributed by atoms with Crippen LogP contribution in [0.1, 0.15) is 42.7 Å². The van der Waals surface area contributed by atoms with Crippen LogP contribution in [0.3, 0.4) is 0 Å².